The van der Waals surface area contributed by atoms with E-state index in [9.17, 15) is 4.79 Å². The number of amidine groups is 2. The number of anilines is 1. The molecule has 0 bridgehead atoms. The van der Waals surface area contributed by atoms with Crippen LogP contribution in [0.3, 0.4) is 0 Å². The molecule has 0 aliphatic rings. The van der Waals surface area contributed by atoms with Crippen LogP contribution in [0.2, 0.25) is 0 Å². The van der Waals surface area contributed by atoms with Crippen LogP contribution in [0.4, 0.5) is 5.69 Å². The lowest BCUT2D eigenvalue weighted by Gasteiger charge is -2.19. The van der Waals surface area contributed by atoms with Crippen molar-refractivity contribution in [3.05, 3.63) is 113 Å². The molecule has 0 fully saturated rings. The second-order valence-corrected chi connectivity index (χ2v) is 10.9. The molecule has 0 saturated heterocycles. The van der Waals surface area contributed by atoms with E-state index in [1.165, 1.54) is 0 Å². The van der Waals surface area contributed by atoms with Gasteiger partial charge in [-0.25, -0.2) is 0 Å². The van der Waals surface area contributed by atoms with Gasteiger partial charge in [-0.05, 0) is 60.7 Å². The molecule has 0 saturated carbocycles. The number of carboxylic acid groups (broad SMARTS) is 1. The van der Waals surface area contributed by atoms with Gasteiger partial charge in [0.05, 0.1) is 5.69 Å². The van der Waals surface area contributed by atoms with E-state index in [0.29, 0.717) is 37.2 Å². The first-order valence-corrected chi connectivity index (χ1v) is 15.0. The van der Waals surface area contributed by atoms with Crippen molar-refractivity contribution in [2.75, 3.05) is 11.9 Å². The average molecular weight is 608 g/mol. The summed E-state index contributed by atoms with van der Waals surface area (Å²) in [4.78, 5) is 15.4. The second-order valence-electron chi connectivity index (χ2n) is 10.9. The molecule has 9 N–H and O–H groups in total. The highest BCUT2D eigenvalue weighted by Crippen LogP contribution is 2.28. The number of hydrogen-bond donors (Lipinski definition) is 7. The van der Waals surface area contributed by atoms with E-state index >= 15 is 0 Å². The molecule has 10 heteroatoms. The van der Waals surface area contributed by atoms with E-state index in [4.69, 9.17) is 32.1 Å². The number of pyridine rings is 1. The molecule has 0 aliphatic carbocycles. The van der Waals surface area contributed by atoms with Crippen molar-refractivity contribution in [3.8, 4) is 16.9 Å². The number of ether oxygens (including phenoxy) is 1. The molecule has 0 atom stereocenters. The maximum atomic E-state index is 10.8. The molecule has 3 aromatic carbocycles. The zero-order valence-electron chi connectivity index (χ0n) is 25.5. The third kappa shape index (κ3) is 9.64. The third-order valence-corrected chi connectivity index (χ3v) is 7.50. The summed E-state index contributed by atoms with van der Waals surface area (Å²) in [6, 6.07) is 23.2. The molecule has 0 amide bonds. The van der Waals surface area contributed by atoms with Crippen molar-refractivity contribution in [2.45, 2.75) is 52.3 Å². The van der Waals surface area contributed by atoms with Gasteiger partial charge in [0.25, 0.3) is 0 Å². The minimum absolute atomic E-state index is 0.0250. The fourth-order valence-electron chi connectivity index (χ4n) is 4.89. The predicted molar refractivity (Wildman–Crippen MR) is 179 cm³/mol. The molecule has 4 aromatic rings. The van der Waals surface area contributed by atoms with Gasteiger partial charge in [-0.15, -0.1) is 0 Å². The van der Waals surface area contributed by atoms with Crippen LogP contribution in [0.1, 0.15) is 59.2 Å². The number of aliphatic carboxylic acids is 1. The number of unbranched alkanes of at least 4 members (excludes halogenated alkanes) is 2. The van der Waals surface area contributed by atoms with Crippen LogP contribution < -0.4 is 26.8 Å². The quantitative estimate of drug-likeness (QED) is 0.0463. The lowest BCUT2D eigenvalue weighted by atomic mass is 10.0. The molecule has 45 heavy (non-hydrogen) atoms. The molecule has 0 unspecified atom stereocenters. The highest BCUT2D eigenvalue weighted by atomic mass is 16.5. The summed E-state index contributed by atoms with van der Waals surface area (Å²) in [5.74, 6) is 0.0431. The minimum atomic E-state index is -0.761. The number of aromatic nitrogens is 1. The van der Waals surface area contributed by atoms with E-state index in [1.807, 2.05) is 73.8 Å². The topological polar surface area (TPSA) is 183 Å². The molecule has 234 valence electrons. The van der Waals surface area contributed by atoms with Crippen molar-refractivity contribution in [1.29, 1.82) is 10.8 Å². The highest BCUT2D eigenvalue weighted by Gasteiger charge is 2.15. The zero-order chi connectivity index (χ0) is 32.2. The van der Waals surface area contributed by atoms with E-state index in [2.05, 4.69) is 27.8 Å². The Hall–Kier alpha value is -5.22. The Morgan fingerprint density at radius 3 is 2.04 bits per heavy atom. The summed E-state index contributed by atoms with van der Waals surface area (Å²) in [6.45, 7) is 4.15. The van der Waals surface area contributed by atoms with E-state index in [-0.39, 0.29) is 18.1 Å². The van der Waals surface area contributed by atoms with Crippen LogP contribution in [-0.4, -0.2) is 34.3 Å². The number of benzene rings is 3. The summed E-state index contributed by atoms with van der Waals surface area (Å²) in [6.07, 6.45) is 4.47. The number of hydrogen-bond acceptors (Lipinski definition) is 7. The normalized spacial score (nSPS) is 10.8. The van der Waals surface area contributed by atoms with Crippen molar-refractivity contribution < 1.29 is 14.6 Å². The summed E-state index contributed by atoms with van der Waals surface area (Å²) < 4.78 is 6.36. The fraction of sp³-hybridized carbons (Fsp3) is 0.257. The number of nitrogens with one attached hydrogen (secondary N) is 4. The lowest BCUT2D eigenvalue weighted by molar-refractivity contribution is -0.137. The Labute approximate surface area is 263 Å². The molecule has 0 aliphatic heterocycles. The van der Waals surface area contributed by atoms with Crippen molar-refractivity contribution in [1.82, 2.24) is 10.3 Å². The lowest BCUT2D eigenvalue weighted by Crippen LogP contribution is -2.19. The second kappa shape index (κ2) is 16.0. The first kappa shape index (κ1) is 32.7. The maximum absolute atomic E-state index is 10.8. The summed E-state index contributed by atoms with van der Waals surface area (Å²) in [5, 5.41) is 31.1. The van der Waals surface area contributed by atoms with Gasteiger partial charge in [0, 0.05) is 48.1 Å². The molecule has 1 heterocycles. The first-order chi connectivity index (χ1) is 21.7. The molecule has 0 radical (unpaired) electrons. The zero-order valence-corrected chi connectivity index (χ0v) is 25.5. The van der Waals surface area contributed by atoms with Gasteiger partial charge in [0.1, 0.15) is 24.0 Å². The van der Waals surface area contributed by atoms with Crippen molar-refractivity contribution in [2.24, 2.45) is 11.5 Å². The fourth-order valence-corrected chi connectivity index (χ4v) is 4.89. The number of nitrogens with zero attached hydrogens (tertiary/aromatic N) is 1. The van der Waals surface area contributed by atoms with Crippen LogP contribution in [0.15, 0.2) is 79.0 Å². The van der Waals surface area contributed by atoms with Crippen molar-refractivity contribution >= 4 is 23.3 Å². The Bertz CT molecular complexity index is 1600. The number of nitrogens with two attached hydrogens (primary N) is 2. The molecule has 1 aromatic heterocycles. The van der Waals surface area contributed by atoms with Crippen molar-refractivity contribution in [3.63, 3.8) is 0 Å². The summed E-state index contributed by atoms with van der Waals surface area (Å²) >= 11 is 0. The van der Waals surface area contributed by atoms with Gasteiger partial charge in [-0.1, -0.05) is 67.1 Å². The van der Waals surface area contributed by atoms with E-state index < -0.39 is 5.97 Å². The SMILES string of the molecule is Cc1ncc(CNc2ccc(-c3ccc(C(=N)N)cc3)cc2)c(CNCCCCCC(=O)O)c1OCc1ccc(C(=N)N)cc1. The molecular weight excluding hydrogens is 566 g/mol. The van der Waals surface area contributed by atoms with E-state index in [0.717, 1.165) is 64.3 Å². The summed E-state index contributed by atoms with van der Waals surface area (Å²) in [5.41, 5.74) is 19.4. The first-order valence-electron chi connectivity index (χ1n) is 15.0. The molecule has 0 spiro atoms. The van der Waals surface area contributed by atoms with Gasteiger partial charge in [-0.3, -0.25) is 20.6 Å². The van der Waals surface area contributed by atoms with Gasteiger partial charge in [-0.2, -0.15) is 0 Å². The number of nitrogen functional groups attached to an aromatic ring is 2. The van der Waals surface area contributed by atoms with E-state index in [1.54, 1.807) is 0 Å². The Balaban J connectivity index is 1.46. The monoisotopic (exact) mass is 607 g/mol. The summed E-state index contributed by atoms with van der Waals surface area (Å²) in [7, 11) is 0. The Kier molecular flexibility index (Phi) is 11.6. The molecular formula is C35H41N7O3. The van der Waals surface area contributed by atoms with Crippen LogP contribution in [-0.2, 0) is 24.5 Å². The smallest absolute Gasteiger partial charge is 0.303 e. The number of carbonyl (C=O) groups is 1. The molecule has 10 nitrogen and oxygen atoms in total. The van der Waals surface area contributed by atoms with Crippen LogP contribution >= 0.6 is 0 Å². The van der Waals surface area contributed by atoms with Crippen LogP contribution in [0.25, 0.3) is 11.1 Å². The number of aryl methyl sites for hydroxylation is 1. The number of carboxylic acids is 1. The van der Waals surface area contributed by atoms with Gasteiger partial charge < -0.3 is 31.9 Å². The molecule has 4 rings (SSSR count). The predicted octanol–water partition coefficient (Wildman–Crippen LogP) is 5.55. The standard InChI is InChI=1S/C35H41N7O3/c1-23-33(45-22-24-6-8-27(9-7-24)34(36)37)31(21-40-18-4-2-3-5-32(43)44)29(19-41-23)20-42-30-16-14-26(15-17-30)25-10-12-28(13-11-25)35(38)39/h6-17,19,40,42H,2-5,18,20-22H2,1H3,(H3,36,37)(H3,38,39)(H,43,44). The Morgan fingerprint density at radius 1 is 0.844 bits per heavy atom. The largest absolute Gasteiger partial charge is 0.487 e. The maximum Gasteiger partial charge on any atom is 0.303 e. The third-order valence-electron chi connectivity index (χ3n) is 7.50. The van der Waals surface area contributed by atoms with Gasteiger partial charge in [0.2, 0.25) is 0 Å². The van der Waals surface area contributed by atoms with Crippen LogP contribution in [0, 0.1) is 17.7 Å². The highest BCUT2D eigenvalue weighted by molar-refractivity contribution is 5.95. The number of rotatable bonds is 17. The minimum Gasteiger partial charge on any atom is -0.487 e. The van der Waals surface area contributed by atoms with Gasteiger partial charge in [0.15, 0.2) is 0 Å². The van der Waals surface area contributed by atoms with Gasteiger partial charge >= 0.3 is 5.97 Å². The average Bonchev–Trinajstić information content (AvgIpc) is 3.03. The Morgan fingerprint density at radius 2 is 1.44 bits per heavy atom. The van der Waals surface area contributed by atoms with Crippen LogP contribution in [0.5, 0.6) is 5.75 Å².